The van der Waals surface area contributed by atoms with E-state index in [0.717, 1.165) is 16.9 Å². The summed E-state index contributed by atoms with van der Waals surface area (Å²) >= 11 is 0. The zero-order valence-corrected chi connectivity index (χ0v) is 13.9. The number of hydrogen-bond acceptors (Lipinski definition) is 5. The van der Waals surface area contributed by atoms with E-state index in [4.69, 9.17) is 14.7 Å². The minimum atomic E-state index is -0.598. The Labute approximate surface area is 142 Å². The fraction of sp³-hybridized carbons (Fsp3) is 0.316. The fourth-order valence-corrected chi connectivity index (χ4v) is 2.24. The first-order valence-corrected chi connectivity index (χ1v) is 7.80. The largest absolute Gasteiger partial charge is 0.497 e. The zero-order valence-electron chi connectivity index (χ0n) is 13.9. The van der Waals surface area contributed by atoms with Gasteiger partial charge in [-0.2, -0.15) is 5.26 Å². The van der Waals surface area contributed by atoms with Crippen LogP contribution in [0.1, 0.15) is 24.2 Å². The normalized spacial score (nSPS) is 12.9. The molecule has 0 amide bonds. The summed E-state index contributed by atoms with van der Waals surface area (Å²) in [5.74, 6) is 1.40. The Hall–Kier alpha value is -2.55. The van der Waals surface area contributed by atoms with E-state index in [0.29, 0.717) is 18.8 Å². The van der Waals surface area contributed by atoms with Crippen molar-refractivity contribution in [2.75, 3.05) is 13.7 Å². The van der Waals surface area contributed by atoms with Gasteiger partial charge in [0.25, 0.3) is 0 Å². The number of aliphatic hydroxyl groups is 1. The van der Waals surface area contributed by atoms with Gasteiger partial charge in [-0.3, -0.25) is 0 Å². The number of hydrogen-bond donors (Lipinski definition) is 2. The van der Waals surface area contributed by atoms with E-state index in [1.165, 1.54) is 0 Å². The molecule has 0 aliphatic rings. The molecule has 0 aliphatic carbocycles. The Morgan fingerprint density at radius 2 is 1.92 bits per heavy atom. The van der Waals surface area contributed by atoms with E-state index >= 15 is 0 Å². The molecule has 5 nitrogen and oxygen atoms in total. The SMILES string of the molecule is COc1cccc(C(O)CNCc2ccc(OC(C)C#N)cc2)c1. The van der Waals surface area contributed by atoms with Gasteiger partial charge in [0.05, 0.1) is 13.2 Å². The van der Waals surface area contributed by atoms with Crippen molar-refractivity contribution in [2.45, 2.75) is 25.7 Å². The van der Waals surface area contributed by atoms with Crippen molar-refractivity contribution in [1.82, 2.24) is 5.32 Å². The van der Waals surface area contributed by atoms with E-state index < -0.39 is 12.2 Å². The first-order chi connectivity index (χ1) is 11.6. The molecule has 0 radical (unpaired) electrons. The van der Waals surface area contributed by atoms with E-state index in [2.05, 4.69) is 5.32 Å². The second-order valence-corrected chi connectivity index (χ2v) is 5.46. The highest BCUT2D eigenvalue weighted by atomic mass is 16.5. The van der Waals surface area contributed by atoms with Gasteiger partial charge in [-0.25, -0.2) is 0 Å². The van der Waals surface area contributed by atoms with Crippen molar-refractivity contribution in [3.8, 4) is 17.6 Å². The summed E-state index contributed by atoms with van der Waals surface area (Å²) in [7, 11) is 1.61. The van der Waals surface area contributed by atoms with Crippen LogP contribution in [0.5, 0.6) is 11.5 Å². The van der Waals surface area contributed by atoms with Crippen LogP contribution in [0.3, 0.4) is 0 Å². The second-order valence-electron chi connectivity index (χ2n) is 5.46. The summed E-state index contributed by atoms with van der Waals surface area (Å²) in [5, 5.41) is 22.2. The van der Waals surface area contributed by atoms with E-state index in [1.807, 2.05) is 54.6 Å². The molecule has 2 N–H and O–H groups in total. The Morgan fingerprint density at radius 1 is 1.17 bits per heavy atom. The van der Waals surface area contributed by atoms with Gasteiger partial charge in [-0.15, -0.1) is 0 Å². The molecule has 126 valence electrons. The highest BCUT2D eigenvalue weighted by molar-refractivity contribution is 5.30. The van der Waals surface area contributed by atoms with Crippen LogP contribution in [-0.4, -0.2) is 24.9 Å². The lowest BCUT2D eigenvalue weighted by molar-refractivity contribution is 0.174. The number of aliphatic hydroxyl groups excluding tert-OH is 1. The molecule has 2 aromatic carbocycles. The first kappa shape index (κ1) is 17.8. The summed E-state index contributed by atoms with van der Waals surface area (Å²) in [4.78, 5) is 0. The van der Waals surface area contributed by atoms with Crippen molar-refractivity contribution in [3.05, 3.63) is 59.7 Å². The summed E-state index contributed by atoms with van der Waals surface area (Å²) in [5.41, 5.74) is 1.89. The van der Waals surface area contributed by atoms with Gasteiger partial charge in [0.1, 0.15) is 17.6 Å². The first-order valence-electron chi connectivity index (χ1n) is 7.80. The number of nitrogens with zero attached hydrogens (tertiary/aromatic N) is 1. The van der Waals surface area contributed by atoms with Crippen LogP contribution in [-0.2, 0) is 6.54 Å². The molecule has 0 fully saturated rings. The third-order valence-corrected chi connectivity index (χ3v) is 3.56. The molecule has 0 saturated heterocycles. The molecular formula is C19H22N2O3. The van der Waals surface area contributed by atoms with Gasteiger partial charge < -0.3 is 19.9 Å². The number of nitrogens with one attached hydrogen (secondary N) is 1. The molecule has 2 rings (SSSR count). The standard InChI is InChI=1S/C19H22N2O3/c1-14(11-20)24-17-8-6-15(7-9-17)12-21-13-19(22)16-4-3-5-18(10-16)23-2/h3-10,14,19,21-22H,12-13H2,1-2H3. The Morgan fingerprint density at radius 3 is 2.58 bits per heavy atom. The summed E-state index contributed by atoms with van der Waals surface area (Å²) in [6.45, 7) is 2.78. The lowest BCUT2D eigenvalue weighted by Crippen LogP contribution is -2.21. The fourth-order valence-electron chi connectivity index (χ4n) is 2.24. The van der Waals surface area contributed by atoms with Crippen molar-refractivity contribution in [1.29, 1.82) is 5.26 Å². The van der Waals surface area contributed by atoms with Crippen LogP contribution in [0, 0.1) is 11.3 Å². The number of methoxy groups -OCH3 is 1. The molecule has 2 aromatic rings. The smallest absolute Gasteiger partial charge is 0.181 e. The Kier molecular flexibility index (Phi) is 6.62. The topological polar surface area (TPSA) is 74.5 Å². The molecule has 24 heavy (non-hydrogen) atoms. The number of nitriles is 1. The van der Waals surface area contributed by atoms with E-state index in [1.54, 1.807) is 14.0 Å². The van der Waals surface area contributed by atoms with Crippen molar-refractivity contribution in [3.63, 3.8) is 0 Å². The molecule has 0 heterocycles. The maximum atomic E-state index is 10.2. The van der Waals surface area contributed by atoms with Gasteiger partial charge in [-0.1, -0.05) is 24.3 Å². The molecule has 0 aliphatic heterocycles. The molecule has 0 bridgehead atoms. The van der Waals surface area contributed by atoms with Gasteiger partial charge >= 0.3 is 0 Å². The average Bonchev–Trinajstić information content (AvgIpc) is 2.63. The lowest BCUT2D eigenvalue weighted by atomic mass is 10.1. The van der Waals surface area contributed by atoms with E-state index in [-0.39, 0.29) is 0 Å². The Bertz CT molecular complexity index is 680. The molecule has 0 spiro atoms. The van der Waals surface area contributed by atoms with Crippen molar-refractivity contribution in [2.24, 2.45) is 0 Å². The van der Waals surface area contributed by atoms with Crippen LogP contribution in [0.15, 0.2) is 48.5 Å². The van der Waals surface area contributed by atoms with Crippen LogP contribution >= 0.6 is 0 Å². The monoisotopic (exact) mass is 326 g/mol. The zero-order chi connectivity index (χ0) is 17.4. The summed E-state index contributed by atoms with van der Waals surface area (Å²) < 4.78 is 10.6. The summed E-state index contributed by atoms with van der Waals surface area (Å²) in [6.07, 6.45) is -1.06. The third-order valence-electron chi connectivity index (χ3n) is 3.56. The van der Waals surface area contributed by atoms with Gasteiger partial charge in [-0.05, 0) is 42.3 Å². The maximum absolute atomic E-state index is 10.2. The van der Waals surface area contributed by atoms with Crippen LogP contribution in [0.25, 0.3) is 0 Å². The number of benzene rings is 2. The third kappa shape index (κ3) is 5.27. The Balaban J connectivity index is 1.82. The second kappa shape index (κ2) is 8.92. The van der Waals surface area contributed by atoms with Gasteiger partial charge in [0.2, 0.25) is 0 Å². The quantitative estimate of drug-likeness (QED) is 0.780. The lowest BCUT2D eigenvalue weighted by Gasteiger charge is -2.13. The molecule has 2 atom stereocenters. The molecule has 5 heteroatoms. The van der Waals surface area contributed by atoms with Crippen LogP contribution in [0.2, 0.25) is 0 Å². The highest BCUT2D eigenvalue weighted by Crippen LogP contribution is 2.19. The van der Waals surface area contributed by atoms with Gasteiger partial charge in [0, 0.05) is 13.1 Å². The summed E-state index contributed by atoms with van der Waals surface area (Å²) in [6, 6.07) is 17.0. The molecular weight excluding hydrogens is 304 g/mol. The molecule has 0 saturated carbocycles. The molecule has 0 aromatic heterocycles. The minimum absolute atomic E-state index is 0.441. The van der Waals surface area contributed by atoms with Crippen molar-refractivity contribution >= 4 is 0 Å². The average molecular weight is 326 g/mol. The number of ether oxygens (including phenoxy) is 2. The van der Waals surface area contributed by atoms with E-state index in [9.17, 15) is 5.11 Å². The van der Waals surface area contributed by atoms with Crippen LogP contribution in [0.4, 0.5) is 0 Å². The predicted molar refractivity (Wildman–Crippen MR) is 91.8 cm³/mol. The van der Waals surface area contributed by atoms with Crippen LogP contribution < -0.4 is 14.8 Å². The maximum Gasteiger partial charge on any atom is 0.181 e. The van der Waals surface area contributed by atoms with Gasteiger partial charge in [0.15, 0.2) is 6.10 Å². The molecule has 2 unspecified atom stereocenters. The highest BCUT2D eigenvalue weighted by Gasteiger charge is 2.08. The van der Waals surface area contributed by atoms with Crippen molar-refractivity contribution < 1.29 is 14.6 Å². The minimum Gasteiger partial charge on any atom is -0.497 e. The predicted octanol–water partition coefficient (Wildman–Crippen LogP) is 2.81. The number of rotatable bonds is 8.